The third-order valence-electron chi connectivity index (χ3n) is 4.26. The SMILES string of the molecule is C/C=C(OC)\C(SNC(=O)c1ccc(Cn2cccn2)c(OC)n1)=C(\OCC)C(C)C. The van der Waals surface area contributed by atoms with Crippen LogP contribution in [0.5, 0.6) is 5.88 Å². The van der Waals surface area contributed by atoms with E-state index in [9.17, 15) is 4.79 Å². The van der Waals surface area contributed by atoms with Gasteiger partial charge in [0.05, 0.1) is 27.4 Å². The first-order chi connectivity index (χ1) is 14.9. The molecule has 0 aromatic carbocycles. The highest BCUT2D eigenvalue weighted by Gasteiger charge is 2.20. The van der Waals surface area contributed by atoms with Crippen molar-refractivity contribution in [3.63, 3.8) is 0 Å². The van der Waals surface area contributed by atoms with E-state index in [2.05, 4.69) is 14.8 Å². The lowest BCUT2D eigenvalue weighted by Gasteiger charge is -2.19. The summed E-state index contributed by atoms with van der Waals surface area (Å²) >= 11 is 1.15. The highest BCUT2D eigenvalue weighted by molar-refractivity contribution is 8.02. The molecular weight excluding hydrogens is 416 g/mol. The fraction of sp³-hybridized carbons (Fsp3) is 0.409. The predicted molar refractivity (Wildman–Crippen MR) is 121 cm³/mol. The van der Waals surface area contributed by atoms with Crippen molar-refractivity contribution in [2.75, 3.05) is 20.8 Å². The minimum absolute atomic E-state index is 0.115. The number of nitrogens with one attached hydrogen (secondary N) is 1. The van der Waals surface area contributed by atoms with Crippen LogP contribution in [-0.2, 0) is 16.0 Å². The lowest BCUT2D eigenvalue weighted by molar-refractivity contribution is 0.0978. The summed E-state index contributed by atoms with van der Waals surface area (Å²) in [6.07, 6.45) is 5.39. The maximum atomic E-state index is 12.8. The minimum Gasteiger partial charge on any atom is -0.497 e. The van der Waals surface area contributed by atoms with Crippen molar-refractivity contribution in [1.29, 1.82) is 0 Å². The van der Waals surface area contributed by atoms with E-state index in [4.69, 9.17) is 14.2 Å². The number of amides is 1. The Bertz CT molecular complexity index is 924. The van der Waals surface area contributed by atoms with Gasteiger partial charge in [-0.25, -0.2) is 4.98 Å². The van der Waals surface area contributed by atoms with Gasteiger partial charge in [-0.05, 0) is 50.1 Å². The second-order valence-electron chi connectivity index (χ2n) is 6.74. The Hall–Kier alpha value is -2.94. The van der Waals surface area contributed by atoms with Crippen molar-refractivity contribution in [3.05, 3.63) is 64.3 Å². The molecule has 9 heteroatoms. The molecule has 0 atom stereocenters. The van der Waals surface area contributed by atoms with E-state index in [1.807, 2.05) is 52.1 Å². The first-order valence-corrected chi connectivity index (χ1v) is 10.8. The zero-order valence-electron chi connectivity index (χ0n) is 18.8. The van der Waals surface area contributed by atoms with Crippen molar-refractivity contribution in [2.24, 2.45) is 5.92 Å². The summed E-state index contributed by atoms with van der Waals surface area (Å²) < 4.78 is 21.3. The molecule has 2 rings (SSSR count). The van der Waals surface area contributed by atoms with E-state index < -0.39 is 0 Å². The summed E-state index contributed by atoms with van der Waals surface area (Å²) in [4.78, 5) is 17.9. The molecule has 0 aliphatic rings. The van der Waals surface area contributed by atoms with Gasteiger partial charge >= 0.3 is 0 Å². The van der Waals surface area contributed by atoms with Crippen molar-refractivity contribution in [1.82, 2.24) is 19.5 Å². The second kappa shape index (κ2) is 12.0. The standard InChI is InChI=1S/C22H30N4O4S/c1-7-18(28-5)20(19(15(3)4)30-8-2)31-25-21(27)17-11-10-16(22(24-17)29-6)14-26-13-9-12-23-26/h7,9-13,15H,8,14H2,1-6H3,(H,25,27)/b18-7+,20-19-. The number of allylic oxidation sites excluding steroid dienone is 2. The van der Waals surface area contributed by atoms with Gasteiger partial charge in [0.15, 0.2) is 0 Å². The Morgan fingerprint density at radius 1 is 1.32 bits per heavy atom. The Labute approximate surface area is 187 Å². The normalized spacial score (nSPS) is 12.4. The number of ether oxygens (including phenoxy) is 3. The van der Waals surface area contributed by atoms with Crippen molar-refractivity contribution in [3.8, 4) is 5.88 Å². The van der Waals surface area contributed by atoms with Crippen LogP contribution in [0.25, 0.3) is 0 Å². The number of carbonyl (C=O) groups excluding carboxylic acids is 1. The van der Waals surface area contributed by atoms with E-state index in [-0.39, 0.29) is 17.5 Å². The number of pyridine rings is 1. The van der Waals surface area contributed by atoms with E-state index >= 15 is 0 Å². The van der Waals surface area contributed by atoms with Gasteiger partial charge in [-0.3, -0.25) is 14.2 Å². The van der Waals surface area contributed by atoms with Gasteiger partial charge in [0.1, 0.15) is 22.1 Å². The molecule has 0 spiro atoms. The number of aromatic nitrogens is 3. The third kappa shape index (κ3) is 6.52. The van der Waals surface area contributed by atoms with Gasteiger partial charge in [0, 0.05) is 23.9 Å². The molecule has 0 unspecified atom stereocenters. The van der Waals surface area contributed by atoms with Crippen molar-refractivity contribution >= 4 is 17.9 Å². The summed E-state index contributed by atoms with van der Waals surface area (Å²) in [5.41, 5.74) is 1.07. The molecule has 0 bridgehead atoms. The quantitative estimate of drug-likeness (QED) is 0.315. The average molecular weight is 447 g/mol. The summed E-state index contributed by atoms with van der Waals surface area (Å²) in [6.45, 7) is 8.87. The molecule has 31 heavy (non-hydrogen) atoms. The van der Waals surface area contributed by atoms with Crippen LogP contribution in [0.1, 0.15) is 43.7 Å². The molecule has 1 N–H and O–H groups in total. The van der Waals surface area contributed by atoms with E-state index in [0.29, 0.717) is 24.8 Å². The van der Waals surface area contributed by atoms with Crippen LogP contribution in [0.15, 0.2) is 53.1 Å². The lowest BCUT2D eigenvalue weighted by Crippen LogP contribution is -2.20. The van der Waals surface area contributed by atoms with Gasteiger partial charge in [0.2, 0.25) is 5.88 Å². The summed E-state index contributed by atoms with van der Waals surface area (Å²) in [6, 6.07) is 5.33. The number of hydrogen-bond acceptors (Lipinski definition) is 7. The maximum Gasteiger partial charge on any atom is 0.280 e. The van der Waals surface area contributed by atoms with Crippen LogP contribution in [-0.4, -0.2) is 41.5 Å². The Balaban J connectivity index is 2.23. The van der Waals surface area contributed by atoms with Gasteiger partial charge in [-0.2, -0.15) is 5.10 Å². The summed E-state index contributed by atoms with van der Waals surface area (Å²) in [7, 11) is 3.12. The second-order valence-corrected chi connectivity index (χ2v) is 7.56. The molecule has 8 nitrogen and oxygen atoms in total. The zero-order valence-corrected chi connectivity index (χ0v) is 19.7. The molecule has 0 fully saturated rings. The van der Waals surface area contributed by atoms with E-state index in [0.717, 1.165) is 28.2 Å². The van der Waals surface area contributed by atoms with Gasteiger partial charge in [-0.15, -0.1) is 0 Å². The fourth-order valence-corrected chi connectivity index (χ4v) is 3.82. The highest BCUT2D eigenvalue weighted by Crippen LogP contribution is 2.31. The Kier molecular flexibility index (Phi) is 9.45. The molecule has 1 amide bonds. The van der Waals surface area contributed by atoms with E-state index in [1.54, 1.807) is 24.1 Å². The Morgan fingerprint density at radius 3 is 2.65 bits per heavy atom. The van der Waals surface area contributed by atoms with E-state index in [1.165, 1.54) is 7.11 Å². The predicted octanol–water partition coefficient (Wildman–Crippen LogP) is 4.17. The van der Waals surface area contributed by atoms with Crippen molar-refractivity contribution in [2.45, 2.75) is 34.2 Å². The van der Waals surface area contributed by atoms with Crippen LogP contribution < -0.4 is 9.46 Å². The monoisotopic (exact) mass is 446 g/mol. The third-order valence-corrected chi connectivity index (χ3v) is 5.15. The molecule has 0 saturated heterocycles. The molecule has 0 aliphatic heterocycles. The summed E-state index contributed by atoms with van der Waals surface area (Å²) in [5, 5.41) is 4.19. The molecule has 2 heterocycles. The number of carbonyl (C=O) groups is 1. The molecule has 0 saturated carbocycles. The molecule has 168 valence electrons. The lowest BCUT2D eigenvalue weighted by atomic mass is 10.1. The highest BCUT2D eigenvalue weighted by atomic mass is 32.2. The molecule has 0 radical (unpaired) electrons. The Morgan fingerprint density at radius 2 is 2.10 bits per heavy atom. The van der Waals surface area contributed by atoms with Crippen LogP contribution in [0, 0.1) is 5.92 Å². The number of hydrogen-bond donors (Lipinski definition) is 1. The van der Waals surface area contributed by atoms with Crippen LogP contribution >= 0.6 is 11.9 Å². The van der Waals surface area contributed by atoms with Crippen LogP contribution in [0.3, 0.4) is 0 Å². The smallest absolute Gasteiger partial charge is 0.280 e. The number of rotatable bonds is 11. The van der Waals surface area contributed by atoms with Crippen LogP contribution in [0.4, 0.5) is 0 Å². The van der Waals surface area contributed by atoms with Gasteiger partial charge < -0.3 is 14.2 Å². The fourth-order valence-electron chi connectivity index (χ4n) is 2.82. The number of nitrogens with zero attached hydrogens (tertiary/aromatic N) is 3. The first kappa shape index (κ1) is 24.3. The summed E-state index contributed by atoms with van der Waals surface area (Å²) in [5.74, 6) is 1.53. The zero-order chi connectivity index (χ0) is 22.8. The van der Waals surface area contributed by atoms with Crippen molar-refractivity contribution < 1.29 is 19.0 Å². The van der Waals surface area contributed by atoms with Gasteiger partial charge in [-0.1, -0.05) is 13.8 Å². The topological polar surface area (TPSA) is 87.5 Å². The van der Waals surface area contributed by atoms with Crippen LogP contribution in [0.2, 0.25) is 0 Å². The maximum absolute atomic E-state index is 12.8. The molecular formula is C22H30N4O4S. The molecule has 2 aromatic rings. The first-order valence-electron chi connectivity index (χ1n) is 10.0. The van der Waals surface area contributed by atoms with Gasteiger partial charge in [0.25, 0.3) is 5.91 Å². The molecule has 2 aromatic heterocycles. The largest absolute Gasteiger partial charge is 0.497 e. The number of methoxy groups -OCH3 is 2. The average Bonchev–Trinajstić information content (AvgIpc) is 3.28. The molecule has 0 aliphatic carbocycles. The minimum atomic E-state index is -0.349.